The lowest BCUT2D eigenvalue weighted by Crippen LogP contribution is -2.36. The third-order valence-corrected chi connectivity index (χ3v) is 9.94. The number of aromatic nitrogens is 1. The molecule has 41 heavy (non-hydrogen) atoms. The summed E-state index contributed by atoms with van der Waals surface area (Å²) in [7, 11) is -0.252. The number of ether oxygens (including phenoxy) is 1. The molecule has 1 heterocycles. The summed E-state index contributed by atoms with van der Waals surface area (Å²) in [6, 6.07) is 16.7. The van der Waals surface area contributed by atoms with Crippen LogP contribution in [0.15, 0.2) is 54.7 Å². The van der Waals surface area contributed by atoms with Gasteiger partial charge in [0.15, 0.2) is 0 Å². The molecule has 1 aliphatic rings. The van der Waals surface area contributed by atoms with Gasteiger partial charge in [0.2, 0.25) is 0 Å². The minimum absolute atomic E-state index is 0.0898. The van der Waals surface area contributed by atoms with E-state index in [1.165, 1.54) is 20.4 Å². The average molecular weight is 583 g/mol. The van der Waals surface area contributed by atoms with Crippen LogP contribution in [-0.2, 0) is 26.8 Å². The van der Waals surface area contributed by atoms with Gasteiger partial charge in [0.25, 0.3) is 0 Å². The van der Waals surface area contributed by atoms with Crippen LogP contribution in [0.3, 0.4) is 0 Å². The molecule has 0 N–H and O–H groups in total. The molecule has 6 nitrogen and oxygen atoms in total. The molecule has 0 radical (unpaired) electrons. The van der Waals surface area contributed by atoms with Gasteiger partial charge in [-0.2, -0.15) is 0 Å². The summed E-state index contributed by atoms with van der Waals surface area (Å²) in [4.78, 5) is 6.52. The Morgan fingerprint density at radius 3 is 2.34 bits per heavy atom. The van der Waals surface area contributed by atoms with Crippen molar-refractivity contribution in [3.8, 4) is 16.9 Å². The lowest BCUT2D eigenvalue weighted by Gasteiger charge is -2.31. The molecule has 1 aliphatic carbocycles. The molecule has 0 saturated heterocycles. The Balaban J connectivity index is 1.59. The summed E-state index contributed by atoms with van der Waals surface area (Å²) in [5.74, 6) is 0.994. The summed E-state index contributed by atoms with van der Waals surface area (Å²) in [5, 5.41) is 0. The smallest absolute Gasteiger partial charge is 0.330 e. The van der Waals surface area contributed by atoms with Gasteiger partial charge >= 0.3 is 7.60 Å². The Hall–Kier alpha value is -2.57. The monoisotopic (exact) mass is 582 g/mol. The van der Waals surface area contributed by atoms with Crippen LogP contribution in [0, 0.1) is 18.7 Å². The van der Waals surface area contributed by atoms with E-state index in [0.717, 1.165) is 46.5 Å². The van der Waals surface area contributed by atoms with Gasteiger partial charge in [0.1, 0.15) is 18.2 Å². The number of rotatable bonds is 14. The van der Waals surface area contributed by atoms with Crippen molar-refractivity contribution in [3.63, 3.8) is 0 Å². The van der Waals surface area contributed by atoms with Gasteiger partial charge in [-0.3, -0.25) is 14.4 Å². The second-order valence-corrected chi connectivity index (χ2v) is 13.9. The third kappa shape index (κ3) is 8.04. The lowest BCUT2D eigenvalue weighted by atomic mass is 9.96. The van der Waals surface area contributed by atoms with E-state index >= 15 is 0 Å². The average Bonchev–Trinajstić information content (AvgIpc) is 3.80. The summed E-state index contributed by atoms with van der Waals surface area (Å²) in [6.45, 7) is 11.7. The Morgan fingerprint density at radius 2 is 1.71 bits per heavy atom. The predicted molar refractivity (Wildman–Crippen MR) is 163 cm³/mol. The molecule has 3 aromatic rings. The highest BCUT2D eigenvalue weighted by atomic mass is 31.2. The number of halogens is 1. The van der Waals surface area contributed by atoms with E-state index in [4.69, 9.17) is 13.8 Å². The van der Waals surface area contributed by atoms with Crippen molar-refractivity contribution in [1.29, 1.82) is 0 Å². The zero-order valence-electron chi connectivity index (χ0n) is 25.4. The molecule has 1 fully saturated rings. The molecule has 4 rings (SSSR count). The van der Waals surface area contributed by atoms with Crippen molar-refractivity contribution in [3.05, 3.63) is 82.9 Å². The molecule has 0 amide bonds. The SMILES string of the molecule is COP(=O)(CC(c1cccc(OCc2ccc(-c3cc(C)ncc3F)c(CN(C(C)C)C(C)C)c2)c1)C1CC1)OC. The summed E-state index contributed by atoms with van der Waals surface area (Å²) >= 11 is 0. The fraction of sp³-hybridized carbons (Fsp3) is 0.485. The third-order valence-electron chi connectivity index (χ3n) is 7.99. The quantitative estimate of drug-likeness (QED) is 0.178. The molecule has 0 aliphatic heterocycles. The molecule has 222 valence electrons. The van der Waals surface area contributed by atoms with E-state index in [-0.39, 0.29) is 11.7 Å². The number of hydrogen-bond donors (Lipinski definition) is 0. The molecule has 1 unspecified atom stereocenters. The Labute approximate surface area is 244 Å². The van der Waals surface area contributed by atoms with Crippen molar-refractivity contribution in [2.45, 2.75) is 78.6 Å². The van der Waals surface area contributed by atoms with Crippen molar-refractivity contribution >= 4 is 7.60 Å². The minimum Gasteiger partial charge on any atom is -0.489 e. The molecule has 0 spiro atoms. The molecule has 2 aromatic carbocycles. The van der Waals surface area contributed by atoms with Crippen LogP contribution in [-0.4, -0.2) is 42.3 Å². The van der Waals surface area contributed by atoms with Gasteiger partial charge in [-0.15, -0.1) is 0 Å². The van der Waals surface area contributed by atoms with Gasteiger partial charge in [-0.1, -0.05) is 30.3 Å². The van der Waals surface area contributed by atoms with Crippen LogP contribution < -0.4 is 4.74 Å². The van der Waals surface area contributed by atoms with Gasteiger partial charge < -0.3 is 13.8 Å². The van der Waals surface area contributed by atoms with E-state index in [1.54, 1.807) is 0 Å². The van der Waals surface area contributed by atoms with E-state index in [1.807, 2.05) is 43.3 Å². The highest BCUT2D eigenvalue weighted by Gasteiger charge is 2.38. The van der Waals surface area contributed by atoms with E-state index in [0.29, 0.717) is 42.9 Å². The van der Waals surface area contributed by atoms with Crippen molar-refractivity contribution in [1.82, 2.24) is 9.88 Å². The molecule has 1 atom stereocenters. The molecule has 8 heteroatoms. The minimum atomic E-state index is -3.14. The van der Waals surface area contributed by atoms with Crippen molar-refractivity contribution in [2.24, 2.45) is 5.92 Å². The first-order chi connectivity index (χ1) is 19.5. The number of benzene rings is 2. The van der Waals surface area contributed by atoms with Crippen molar-refractivity contribution < 1.29 is 22.7 Å². The summed E-state index contributed by atoms with van der Waals surface area (Å²) in [5.41, 5.74) is 5.36. The first-order valence-corrected chi connectivity index (χ1v) is 16.2. The highest BCUT2D eigenvalue weighted by molar-refractivity contribution is 7.53. The Kier molecular flexibility index (Phi) is 10.4. The van der Waals surface area contributed by atoms with E-state index in [2.05, 4.69) is 49.7 Å². The number of hydrogen-bond acceptors (Lipinski definition) is 6. The standard InChI is InChI=1S/C33H44FN2O4P/c1-22(2)36(23(3)4)19-28-16-25(11-14-30(28)31-15-24(5)35-18-33(31)34)20-40-29-10-8-9-27(17-29)32(26-12-13-26)21-41(37,38-6)39-7/h8-11,14-18,22-23,26,32H,12-13,19-21H2,1-7H3. The lowest BCUT2D eigenvalue weighted by molar-refractivity contribution is 0.166. The first kappa shape index (κ1) is 31.4. The molecular formula is C33H44FN2O4P. The van der Waals surface area contributed by atoms with Gasteiger partial charge in [-0.25, -0.2) is 4.39 Å². The second-order valence-electron chi connectivity index (χ2n) is 11.6. The molecule has 0 bridgehead atoms. The topological polar surface area (TPSA) is 60.9 Å². The van der Waals surface area contributed by atoms with Gasteiger partial charge in [0, 0.05) is 44.1 Å². The summed E-state index contributed by atoms with van der Waals surface area (Å²) < 4.78 is 44.6. The largest absolute Gasteiger partial charge is 0.489 e. The normalized spacial score (nSPS) is 14.7. The maximum absolute atomic E-state index is 14.9. The van der Waals surface area contributed by atoms with Crippen molar-refractivity contribution in [2.75, 3.05) is 20.4 Å². The molecule has 1 aromatic heterocycles. The van der Waals surface area contributed by atoms with Crippen LogP contribution in [0.1, 0.15) is 68.8 Å². The van der Waals surface area contributed by atoms with E-state index in [9.17, 15) is 8.96 Å². The Morgan fingerprint density at radius 1 is 1.00 bits per heavy atom. The second kappa shape index (κ2) is 13.6. The highest BCUT2D eigenvalue weighted by Crippen LogP contribution is 2.55. The van der Waals surface area contributed by atoms with Crippen LogP contribution >= 0.6 is 7.60 Å². The zero-order chi connectivity index (χ0) is 29.7. The summed E-state index contributed by atoms with van der Waals surface area (Å²) in [6.07, 6.45) is 3.87. The van der Waals surface area contributed by atoms with Crippen LogP contribution in [0.5, 0.6) is 5.75 Å². The molecule has 1 saturated carbocycles. The van der Waals surface area contributed by atoms with E-state index < -0.39 is 7.60 Å². The number of nitrogens with zero attached hydrogens (tertiary/aromatic N) is 2. The molecular weight excluding hydrogens is 538 g/mol. The van der Waals surface area contributed by atoms with Gasteiger partial charge in [-0.05, 0) is 99.7 Å². The number of aryl methyl sites for hydroxylation is 1. The maximum Gasteiger partial charge on any atom is 0.330 e. The first-order valence-electron chi connectivity index (χ1n) is 14.5. The predicted octanol–water partition coefficient (Wildman–Crippen LogP) is 8.37. The fourth-order valence-electron chi connectivity index (χ4n) is 5.53. The Bertz CT molecular complexity index is 1360. The van der Waals surface area contributed by atoms with Crippen LogP contribution in [0.25, 0.3) is 11.1 Å². The zero-order valence-corrected chi connectivity index (χ0v) is 26.3. The van der Waals surface area contributed by atoms with Crippen LogP contribution in [0.2, 0.25) is 0 Å². The maximum atomic E-state index is 14.9. The number of pyridine rings is 1. The van der Waals surface area contributed by atoms with Gasteiger partial charge in [0.05, 0.1) is 12.4 Å². The fourth-order valence-corrected chi connectivity index (χ4v) is 6.97. The van der Waals surface area contributed by atoms with Crippen LogP contribution in [0.4, 0.5) is 4.39 Å².